The molecule has 2 N–H and O–H groups in total. The lowest BCUT2D eigenvalue weighted by molar-refractivity contribution is 0.0914. The fourth-order valence-corrected chi connectivity index (χ4v) is 2.10. The zero-order valence-corrected chi connectivity index (χ0v) is 13.0. The predicted molar refractivity (Wildman–Crippen MR) is 83.6 cm³/mol. The monoisotopic (exact) mass is 321 g/mol. The van der Waals surface area contributed by atoms with Gasteiger partial charge in [-0.15, -0.1) is 0 Å². The number of amides is 1. The van der Waals surface area contributed by atoms with E-state index >= 15 is 0 Å². The van der Waals surface area contributed by atoms with E-state index in [0.29, 0.717) is 16.4 Å². The van der Waals surface area contributed by atoms with Crippen molar-refractivity contribution in [3.63, 3.8) is 0 Å². The Morgan fingerprint density at radius 1 is 1.45 bits per heavy atom. The van der Waals surface area contributed by atoms with E-state index in [4.69, 9.17) is 16.7 Å². The van der Waals surface area contributed by atoms with Crippen LogP contribution in [0.4, 0.5) is 0 Å². The van der Waals surface area contributed by atoms with Gasteiger partial charge in [0, 0.05) is 22.8 Å². The standard InChI is InChI=1S/C15H16ClN3O3/c1-9(8-20)17-15(22)14-13(21)6-10(2)19(18-14)12-5-3-4-11(16)7-12/h3-7,9,20H,8H2,1-2H3,(H,17,22). The number of aliphatic hydroxyl groups is 1. The maximum Gasteiger partial charge on any atom is 0.276 e. The lowest BCUT2D eigenvalue weighted by atomic mass is 10.2. The second kappa shape index (κ2) is 6.72. The molecule has 0 aliphatic carbocycles. The van der Waals surface area contributed by atoms with Crippen molar-refractivity contribution in [3.05, 3.63) is 57.0 Å². The third kappa shape index (κ3) is 3.52. The first-order chi connectivity index (χ1) is 10.4. The summed E-state index contributed by atoms with van der Waals surface area (Å²) in [6, 6.07) is 7.81. The SMILES string of the molecule is Cc1cc(=O)c(C(=O)NC(C)CO)nn1-c1cccc(Cl)c1. The van der Waals surface area contributed by atoms with Gasteiger partial charge in [0.1, 0.15) is 0 Å². The maximum atomic E-state index is 12.1. The van der Waals surface area contributed by atoms with Crippen LogP contribution < -0.4 is 10.7 Å². The summed E-state index contributed by atoms with van der Waals surface area (Å²) in [7, 11) is 0. The van der Waals surface area contributed by atoms with Gasteiger partial charge in [-0.05, 0) is 32.0 Å². The van der Waals surface area contributed by atoms with Gasteiger partial charge in [0.15, 0.2) is 5.69 Å². The zero-order chi connectivity index (χ0) is 16.3. The van der Waals surface area contributed by atoms with Crippen LogP contribution in [0, 0.1) is 6.92 Å². The normalized spacial score (nSPS) is 12.0. The van der Waals surface area contributed by atoms with E-state index < -0.39 is 17.4 Å². The topological polar surface area (TPSA) is 84.2 Å². The fourth-order valence-electron chi connectivity index (χ4n) is 1.91. The van der Waals surface area contributed by atoms with Crippen molar-refractivity contribution in [2.24, 2.45) is 0 Å². The molecule has 1 unspecified atom stereocenters. The summed E-state index contributed by atoms with van der Waals surface area (Å²) in [5, 5.41) is 16.1. The Labute approximate surface area is 132 Å². The molecule has 0 aliphatic heterocycles. The molecule has 1 aromatic carbocycles. The van der Waals surface area contributed by atoms with Gasteiger partial charge in [-0.25, -0.2) is 4.68 Å². The highest BCUT2D eigenvalue weighted by atomic mass is 35.5. The Morgan fingerprint density at radius 2 is 2.18 bits per heavy atom. The molecule has 1 aromatic heterocycles. The third-order valence-corrected chi connectivity index (χ3v) is 3.26. The van der Waals surface area contributed by atoms with Crippen molar-refractivity contribution in [2.45, 2.75) is 19.9 Å². The van der Waals surface area contributed by atoms with E-state index in [2.05, 4.69) is 10.4 Å². The Kier molecular flexibility index (Phi) is 4.95. The molecule has 0 saturated carbocycles. The number of nitrogens with zero attached hydrogens (tertiary/aromatic N) is 2. The molecule has 22 heavy (non-hydrogen) atoms. The number of carbonyl (C=O) groups excluding carboxylic acids is 1. The summed E-state index contributed by atoms with van der Waals surface area (Å²) in [5.74, 6) is -0.623. The van der Waals surface area contributed by atoms with Crippen LogP contribution in [-0.4, -0.2) is 33.4 Å². The van der Waals surface area contributed by atoms with Crippen LogP contribution in [0.1, 0.15) is 23.1 Å². The van der Waals surface area contributed by atoms with Gasteiger partial charge in [0.25, 0.3) is 5.91 Å². The summed E-state index contributed by atoms with van der Waals surface area (Å²) in [6.07, 6.45) is 0. The Balaban J connectivity index is 2.47. The van der Waals surface area contributed by atoms with E-state index in [1.165, 1.54) is 10.7 Å². The van der Waals surface area contributed by atoms with Gasteiger partial charge < -0.3 is 10.4 Å². The van der Waals surface area contributed by atoms with Gasteiger partial charge in [-0.1, -0.05) is 17.7 Å². The summed E-state index contributed by atoms with van der Waals surface area (Å²) in [4.78, 5) is 24.0. The van der Waals surface area contributed by atoms with E-state index in [-0.39, 0.29) is 12.3 Å². The third-order valence-electron chi connectivity index (χ3n) is 3.03. The average Bonchev–Trinajstić information content (AvgIpc) is 2.46. The molecule has 6 nitrogen and oxygen atoms in total. The molecule has 0 aliphatic rings. The fraction of sp³-hybridized carbons (Fsp3) is 0.267. The summed E-state index contributed by atoms with van der Waals surface area (Å²) < 4.78 is 1.48. The van der Waals surface area contributed by atoms with E-state index in [1.54, 1.807) is 38.1 Å². The lowest BCUT2D eigenvalue weighted by Crippen LogP contribution is -2.38. The number of halogens is 1. The van der Waals surface area contributed by atoms with Crippen molar-refractivity contribution in [2.75, 3.05) is 6.61 Å². The molecule has 0 radical (unpaired) electrons. The molecule has 2 aromatic rings. The van der Waals surface area contributed by atoms with Gasteiger partial charge >= 0.3 is 0 Å². The molecule has 0 saturated heterocycles. The van der Waals surface area contributed by atoms with Gasteiger partial charge in [0.05, 0.1) is 12.3 Å². The second-order valence-corrected chi connectivity index (χ2v) is 5.38. The Morgan fingerprint density at radius 3 is 2.82 bits per heavy atom. The molecule has 1 amide bonds. The number of aliphatic hydroxyl groups excluding tert-OH is 1. The number of nitrogens with one attached hydrogen (secondary N) is 1. The highest BCUT2D eigenvalue weighted by Gasteiger charge is 2.17. The number of hydrogen-bond acceptors (Lipinski definition) is 4. The molecule has 0 spiro atoms. The maximum absolute atomic E-state index is 12.1. The summed E-state index contributed by atoms with van der Waals surface area (Å²) >= 11 is 5.96. The van der Waals surface area contributed by atoms with Gasteiger partial charge in [-0.3, -0.25) is 9.59 Å². The van der Waals surface area contributed by atoms with Crippen molar-refractivity contribution in [1.82, 2.24) is 15.1 Å². The largest absolute Gasteiger partial charge is 0.394 e. The number of benzene rings is 1. The zero-order valence-electron chi connectivity index (χ0n) is 12.2. The van der Waals surface area contributed by atoms with Gasteiger partial charge in [0.2, 0.25) is 5.43 Å². The molecule has 1 atom stereocenters. The van der Waals surface area contributed by atoms with Crippen LogP contribution >= 0.6 is 11.6 Å². The highest BCUT2D eigenvalue weighted by Crippen LogP contribution is 2.15. The Hall–Kier alpha value is -2.18. The number of aromatic nitrogens is 2. The molecule has 7 heteroatoms. The van der Waals surface area contributed by atoms with Crippen molar-refractivity contribution < 1.29 is 9.90 Å². The molecular formula is C15H16ClN3O3. The highest BCUT2D eigenvalue weighted by molar-refractivity contribution is 6.30. The first-order valence-electron chi connectivity index (χ1n) is 6.71. The van der Waals surface area contributed by atoms with Crippen LogP contribution in [0.25, 0.3) is 5.69 Å². The average molecular weight is 322 g/mol. The molecule has 116 valence electrons. The minimum atomic E-state index is -0.623. The lowest BCUT2D eigenvalue weighted by Gasteiger charge is -2.13. The summed E-state index contributed by atoms with van der Waals surface area (Å²) in [6.45, 7) is 3.12. The number of carbonyl (C=O) groups is 1. The van der Waals surface area contributed by atoms with Crippen molar-refractivity contribution in [1.29, 1.82) is 0 Å². The predicted octanol–water partition coefficient (Wildman–Crippen LogP) is 1.30. The van der Waals surface area contributed by atoms with E-state index in [9.17, 15) is 9.59 Å². The quantitative estimate of drug-likeness (QED) is 0.889. The first-order valence-corrected chi connectivity index (χ1v) is 7.09. The van der Waals surface area contributed by atoms with Gasteiger partial charge in [-0.2, -0.15) is 5.10 Å². The summed E-state index contributed by atoms with van der Waals surface area (Å²) in [5.41, 5.74) is 0.526. The first kappa shape index (κ1) is 16.2. The minimum absolute atomic E-state index is 0.222. The molecule has 0 fully saturated rings. The van der Waals surface area contributed by atoms with Crippen molar-refractivity contribution in [3.8, 4) is 5.69 Å². The number of rotatable bonds is 4. The van der Waals surface area contributed by atoms with Crippen LogP contribution in [0.3, 0.4) is 0 Å². The van der Waals surface area contributed by atoms with E-state index in [1.807, 2.05) is 0 Å². The van der Waals surface area contributed by atoms with Crippen LogP contribution in [0.2, 0.25) is 5.02 Å². The molecule has 1 heterocycles. The molecular weight excluding hydrogens is 306 g/mol. The molecule has 0 bridgehead atoms. The van der Waals surface area contributed by atoms with Crippen LogP contribution in [0.15, 0.2) is 35.1 Å². The minimum Gasteiger partial charge on any atom is -0.394 e. The van der Waals surface area contributed by atoms with E-state index in [0.717, 1.165) is 0 Å². The second-order valence-electron chi connectivity index (χ2n) is 4.95. The smallest absolute Gasteiger partial charge is 0.276 e. The number of hydrogen-bond donors (Lipinski definition) is 2. The van der Waals surface area contributed by atoms with Crippen molar-refractivity contribution >= 4 is 17.5 Å². The molecule has 2 rings (SSSR count). The van der Waals surface area contributed by atoms with Crippen LogP contribution in [-0.2, 0) is 0 Å². The van der Waals surface area contributed by atoms with Crippen LogP contribution in [0.5, 0.6) is 0 Å². The Bertz CT molecular complexity index is 758. The number of aryl methyl sites for hydroxylation is 1.